The van der Waals surface area contributed by atoms with Gasteiger partial charge in [0.15, 0.2) is 5.11 Å². The molecule has 8 rings (SSSR count). The first-order chi connectivity index (χ1) is 35.5. The summed E-state index contributed by atoms with van der Waals surface area (Å²) in [6, 6.07) is 25.2. The zero-order chi connectivity index (χ0) is 54.0. The van der Waals surface area contributed by atoms with Crippen molar-refractivity contribution in [1.29, 1.82) is 5.26 Å². The standard InChI is InChI=1S/C56H61F3N8O6S2/c1-34-47(75-33-62-34)38-10-8-35(9-11-38)31-61-50(70)46-29-43(68)32-65(46)51(71)48(54(2,3)4)63-49(69)39-14-12-36(13-15-39)37-22-25-64(26-23-37)24-7-27-73-44-20-18-41(19-21-44)67-53(74)66(52(72)55(67,5)6)42-17-16-40(30-60)45(28-42)56(57,58)59/h8-21,28,33,37,43,46,48,68H,7,22-27,29,31-32H2,1-6H3,(H,61,70)(H,63,69)/t43-,46+,48?/m1/s1. The third-order valence-electron chi connectivity index (χ3n) is 14.3. The van der Waals surface area contributed by atoms with Crippen LogP contribution in [0.4, 0.5) is 24.5 Å². The van der Waals surface area contributed by atoms with Crippen LogP contribution in [-0.4, -0.2) is 105 Å². The van der Waals surface area contributed by atoms with E-state index in [1.165, 1.54) is 11.0 Å². The number of likely N-dealkylation sites (tertiary alicyclic amines) is 2. The Bertz CT molecular complexity index is 2960. The van der Waals surface area contributed by atoms with Crippen molar-refractivity contribution in [3.63, 3.8) is 0 Å². The fraction of sp³-hybridized carbons (Fsp3) is 0.411. The van der Waals surface area contributed by atoms with Gasteiger partial charge in [-0.2, -0.15) is 18.4 Å². The largest absolute Gasteiger partial charge is 0.494 e. The van der Waals surface area contributed by atoms with Gasteiger partial charge in [0.25, 0.3) is 11.8 Å². The lowest BCUT2D eigenvalue weighted by molar-refractivity contribution is -0.142. The van der Waals surface area contributed by atoms with Gasteiger partial charge in [0.05, 0.1) is 51.7 Å². The number of anilines is 2. The molecule has 5 aromatic rings. The van der Waals surface area contributed by atoms with Gasteiger partial charge < -0.3 is 35.2 Å². The summed E-state index contributed by atoms with van der Waals surface area (Å²) in [6.07, 6.45) is -2.93. The summed E-state index contributed by atoms with van der Waals surface area (Å²) in [7, 11) is 0. The van der Waals surface area contributed by atoms with Crippen molar-refractivity contribution in [2.75, 3.05) is 42.6 Å². The van der Waals surface area contributed by atoms with Crippen molar-refractivity contribution >= 4 is 63.7 Å². The number of benzene rings is 4. The number of alkyl halides is 3. The number of aliphatic hydroxyl groups is 1. The highest BCUT2D eigenvalue weighted by atomic mass is 32.1. The molecule has 3 fully saturated rings. The molecular weight excluding hydrogens is 1000 g/mol. The number of aryl methyl sites for hydroxylation is 1. The van der Waals surface area contributed by atoms with Crippen LogP contribution >= 0.6 is 23.6 Å². The predicted molar refractivity (Wildman–Crippen MR) is 285 cm³/mol. The number of nitrogens with one attached hydrogen (secondary N) is 2. The van der Waals surface area contributed by atoms with E-state index in [0.717, 1.165) is 83.2 Å². The Kier molecular flexibility index (Phi) is 16.2. The number of hydrogen-bond acceptors (Lipinski definition) is 11. The SMILES string of the molecule is Cc1ncsc1-c1ccc(CNC(=O)[C@@H]2C[C@@H](O)CN2C(=O)C(NC(=O)c2ccc(C3CCN(CCCOc4ccc(N5C(=S)N(c6ccc(C#N)c(C(F)(F)F)c6)C(=O)C5(C)C)cc4)CC3)cc2)C(C)(C)C)cc1. The van der Waals surface area contributed by atoms with Crippen molar-refractivity contribution in [3.8, 4) is 22.3 Å². The van der Waals surface area contributed by atoms with Crippen molar-refractivity contribution in [3.05, 3.63) is 130 Å². The second kappa shape index (κ2) is 22.2. The molecule has 0 saturated carbocycles. The molecule has 0 bridgehead atoms. The minimum absolute atomic E-state index is 0.0108. The highest BCUT2D eigenvalue weighted by Gasteiger charge is 2.51. The molecule has 4 heterocycles. The van der Waals surface area contributed by atoms with E-state index < -0.39 is 64.2 Å². The maximum atomic E-state index is 14.2. The van der Waals surface area contributed by atoms with Gasteiger partial charge in [0.1, 0.15) is 23.4 Å². The van der Waals surface area contributed by atoms with Gasteiger partial charge in [0.2, 0.25) is 11.8 Å². The Balaban J connectivity index is 0.785. The van der Waals surface area contributed by atoms with Crippen LogP contribution in [0.5, 0.6) is 5.75 Å². The van der Waals surface area contributed by atoms with E-state index >= 15 is 0 Å². The number of carbonyl (C=O) groups is 4. The maximum absolute atomic E-state index is 14.2. The van der Waals surface area contributed by atoms with E-state index in [1.54, 1.807) is 72.6 Å². The summed E-state index contributed by atoms with van der Waals surface area (Å²) < 4.78 is 47.4. The molecule has 1 aromatic heterocycles. The van der Waals surface area contributed by atoms with Crippen molar-refractivity contribution in [1.82, 2.24) is 25.4 Å². The molecule has 394 valence electrons. The zero-order valence-corrected chi connectivity index (χ0v) is 44.4. The lowest BCUT2D eigenvalue weighted by Gasteiger charge is -2.35. The number of thiazole rings is 1. The molecule has 3 atom stereocenters. The summed E-state index contributed by atoms with van der Waals surface area (Å²) in [6.45, 7) is 14.1. The topological polar surface area (TPSA) is 171 Å². The molecule has 14 nitrogen and oxygen atoms in total. The monoisotopic (exact) mass is 1060 g/mol. The summed E-state index contributed by atoms with van der Waals surface area (Å²) >= 11 is 7.24. The Hall–Kier alpha value is -6.72. The van der Waals surface area contributed by atoms with Gasteiger partial charge in [-0.05, 0) is 148 Å². The van der Waals surface area contributed by atoms with Crippen LogP contribution < -0.4 is 25.2 Å². The van der Waals surface area contributed by atoms with Crippen LogP contribution in [0.1, 0.15) is 105 Å². The first kappa shape index (κ1) is 54.5. The minimum Gasteiger partial charge on any atom is -0.494 e. The molecule has 3 aliphatic heterocycles. The van der Waals surface area contributed by atoms with Crippen LogP contribution in [0.2, 0.25) is 0 Å². The third kappa shape index (κ3) is 12.0. The number of amides is 4. The second-order valence-electron chi connectivity index (χ2n) is 20.9. The van der Waals surface area contributed by atoms with Gasteiger partial charge in [0, 0.05) is 37.3 Å². The molecule has 1 unspecified atom stereocenters. The molecule has 3 N–H and O–H groups in total. The molecular formula is C56H61F3N8O6S2. The highest BCUT2D eigenvalue weighted by molar-refractivity contribution is 7.81. The van der Waals surface area contributed by atoms with Crippen molar-refractivity contribution < 1.29 is 42.2 Å². The minimum atomic E-state index is -4.80. The molecule has 0 spiro atoms. The predicted octanol–water partition coefficient (Wildman–Crippen LogP) is 9.00. The van der Waals surface area contributed by atoms with Gasteiger partial charge in [-0.1, -0.05) is 57.2 Å². The Morgan fingerprint density at radius 3 is 2.25 bits per heavy atom. The van der Waals surface area contributed by atoms with Crippen LogP contribution in [0.3, 0.4) is 0 Å². The smallest absolute Gasteiger partial charge is 0.417 e. The molecule has 75 heavy (non-hydrogen) atoms. The molecule has 3 saturated heterocycles. The first-order valence-electron chi connectivity index (χ1n) is 25.0. The van der Waals surface area contributed by atoms with Gasteiger partial charge >= 0.3 is 6.18 Å². The molecule has 0 aliphatic carbocycles. The summed E-state index contributed by atoms with van der Waals surface area (Å²) in [5.41, 5.74) is 3.11. The van der Waals surface area contributed by atoms with Crippen LogP contribution in [0.15, 0.2) is 96.5 Å². The van der Waals surface area contributed by atoms with Crippen LogP contribution in [0, 0.1) is 23.7 Å². The normalized spacial score (nSPS) is 18.8. The molecule has 0 radical (unpaired) electrons. The number of aliphatic hydroxyl groups excluding tert-OH is 1. The number of β-amino-alcohol motifs (C(OH)–C–C–N with tert-alkyl or cyclic N) is 1. The molecule has 4 aromatic carbocycles. The van der Waals surface area contributed by atoms with E-state index in [2.05, 4.69) is 20.5 Å². The number of nitriles is 1. The number of aromatic nitrogens is 1. The number of rotatable bonds is 15. The number of carbonyl (C=O) groups excluding carboxylic acids is 4. The quantitative estimate of drug-likeness (QED) is 0.0675. The van der Waals surface area contributed by atoms with E-state index in [9.17, 15) is 42.7 Å². The summed E-state index contributed by atoms with van der Waals surface area (Å²) in [5.74, 6) is -0.788. The van der Waals surface area contributed by atoms with Crippen LogP contribution in [-0.2, 0) is 27.1 Å². The molecule has 4 amide bonds. The number of nitrogens with zero attached hydrogens (tertiary/aromatic N) is 6. The third-order valence-corrected chi connectivity index (χ3v) is 15.6. The Morgan fingerprint density at radius 2 is 1.64 bits per heavy atom. The van der Waals surface area contributed by atoms with Crippen molar-refractivity contribution in [2.24, 2.45) is 5.41 Å². The van der Waals surface area contributed by atoms with E-state index in [0.29, 0.717) is 29.5 Å². The van der Waals surface area contributed by atoms with Gasteiger partial charge in [-0.15, -0.1) is 11.3 Å². The lowest BCUT2D eigenvalue weighted by Crippen LogP contribution is -2.57. The van der Waals surface area contributed by atoms with E-state index in [-0.39, 0.29) is 36.2 Å². The van der Waals surface area contributed by atoms with Crippen molar-refractivity contribution in [2.45, 2.75) is 110 Å². The fourth-order valence-electron chi connectivity index (χ4n) is 10.0. The average Bonchev–Trinajstić information content (AvgIpc) is 4.05. The van der Waals surface area contributed by atoms with E-state index in [1.807, 2.05) is 69.6 Å². The number of ether oxygens (including phenoxy) is 1. The Labute approximate surface area is 444 Å². The second-order valence-corrected chi connectivity index (χ2v) is 22.2. The van der Waals surface area contributed by atoms with Gasteiger partial charge in [-0.25, -0.2) is 4.98 Å². The summed E-state index contributed by atoms with van der Waals surface area (Å²) in [5, 5.41) is 25.8. The van der Waals surface area contributed by atoms with E-state index in [4.69, 9.17) is 17.0 Å². The highest BCUT2D eigenvalue weighted by Crippen LogP contribution is 2.40. The summed E-state index contributed by atoms with van der Waals surface area (Å²) in [4.78, 5) is 67.1. The zero-order valence-electron chi connectivity index (χ0n) is 42.7. The number of hydrogen-bond donors (Lipinski definition) is 3. The molecule has 3 aliphatic rings. The number of piperidine rings is 1. The maximum Gasteiger partial charge on any atom is 0.417 e. The van der Waals surface area contributed by atoms with Gasteiger partial charge in [-0.3, -0.25) is 24.1 Å². The van der Waals surface area contributed by atoms with Crippen LogP contribution in [0.25, 0.3) is 10.4 Å². The number of halogens is 3. The average molecular weight is 1060 g/mol. The Morgan fingerprint density at radius 1 is 0.973 bits per heavy atom. The fourth-order valence-corrected chi connectivity index (χ4v) is 11.4. The first-order valence-corrected chi connectivity index (χ1v) is 26.3. The number of thiocarbonyl (C=S) groups is 1. The molecule has 19 heteroatoms. The lowest BCUT2D eigenvalue weighted by atomic mass is 9.85.